The third-order valence-corrected chi connectivity index (χ3v) is 4.19. The summed E-state index contributed by atoms with van der Waals surface area (Å²) in [5.74, 6) is 1.12. The molecular formula is C23H21NO4. The first-order chi connectivity index (χ1) is 13.7. The maximum atomic E-state index is 12.6. The van der Waals surface area contributed by atoms with E-state index in [4.69, 9.17) is 14.2 Å². The number of rotatable bonds is 7. The van der Waals surface area contributed by atoms with Crippen LogP contribution >= 0.6 is 0 Å². The molecule has 3 rings (SSSR count). The van der Waals surface area contributed by atoms with Crippen molar-refractivity contribution in [3.8, 4) is 28.5 Å². The van der Waals surface area contributed by atoms with Gasteiger partial charge < -0.3 is 14.2 Å². The first kappa shape index (κ1) is 19.2. The van der Waals surface area contributed by atoms with Crippen LogP contribution in [0.4, 0.5) is 0 Å². The lowest BCUT2D eigenvalue weighted by atomic mass is 10.1. The molecule has 0 radical (unpaired) electrons. The van der Waals surface area contributed by atoms with Gasteiger partial charge in [-0.05, 0) is 36.4 Å². The average molecular weight is 375 g/mol. The van der Waals surface area contributed by atoms with Crippen molar-refractivity contribution in [3.63, 3.8) is 0 Å². The van der Waals surface area contributed by atoms with Crippen molar-refractivity contribution in [2.24, 2.45) is 0 Å². The second-order valence-electron chi connectivity index (χ2n) is 5.93. The maximum absolute atomic E-state index is 12.6. The molecule has 0 N–H and O–H groups in total. The lowest BCUT2D eigenvalue weighted by Gasteiger charge is -2.13. The van der Waals surface area contributed by atoms with Crippen LogP contribution in [0.2, 0.25) is 0 Å². The smallest absolute Gasteiger partial charge is 0.203 e. The monoisotopic (exact) mass is 375 g/mol. The first-order valence-electron chi connectivity index (χ1n) is 8.71. The number of methoxy groups -OCH3 is 3. The molecule has 2 aromatic carbocycles. The van der Waals surface area contributed by atoms with Crippen LogP contribution in [-0.2, 0) is 0 Å². The van der Waals surface area contributed by atoms with Crippen molar-refractivity contribution in [3.05, 3.63) is 78.0 Å². The minimum atomic E-state index is -0.189. The summed E-state index contributed by atoms with van der Waals surface area (Å²) in [7, 11) is 4.55. The largest absolute Gasteiger partial charge is 0.493 e. The molecule has 0 spiro atoms. The number of hydrogen-bond donors (Lipinski definition) is 0. The Balaban J connectivity index is 1.86. The van der Waals surface area contributed by atoms with Crippen LogP contribution in [-0.4, -0.2) is 32.1 Å². The summed E-state index contributed by atoms with van der Waals surface area (Å²) in [5.41, 5.74) is 3.00. The number of benzene rings is 2. The van der Waals surface area contributed by atoms with Crippen LogP contribution in [0.25, 0.3) is 17.3 Å². The highest BCUT2D eigenvalue weighted by Crippen LogP contribution is 2.38. The zero-order valence-electron chi connectivity index (χ0n) is 16.0. The van der Waals surface area contributed by atoms with E-state index in [0.29, 0.717) is 28.5 Å². The zero-order valence-corrected chi connectivity index (χ0v) is 16.0. The number of pyridine rings is 1. The minimum Gasteiger partial charge on any atom is -0.493 e. The Morgan fingerprint density at radius 2 is 1.54 bits per heavy atom. The molecule has 0 aliphatic carbocycles. The van der Waals surface area contributed by atoms with Gasteiger partial charge in [0.1, 0.15) is 0 Å². The van der Waals surface area contributed by atoms with Crippen LogP contribution in [0.3, 0.4) is 0 Å². The number of aromatic nitrogens is 1. The highest BCUT2D eigenvalue weighted by Gasteiger charge is 2.15. The molecular weight excluding hydrogens is 354 g/mol. The zero-order chi connectivity index (χ0) is 19.9. The molecule has 0 aliphatic rings. The van der Waals surface area contributed by atoms with E-state index in [1.165, 1.54) is 27.4 Å². The second-order valence-corrected chi connectivity index (χ2v) is 5.93. The predicted octanol–water partition coefficient (Wildman–Crippen LogP) is 4.67. The van der Waals surface area contributed by atoms with Crippen LogP contribution in [0.1, 0.15) is 16.1 Å². The van der Waals surface area contributed by atoms with E-state index in [9.17, 15) is 4.79 Å². The van der Waals surface area contributed by atoms with Crippen LogP contribution in [0.15, 0.2) is 66.7 Å². The van der Waals surface area contributed by atoms with E-state index in [1.807, 2.05) is 48.5 Å². The minimum absolute atomic E-state index is 0.189. The number of carbonyl (C=O) groups is 1. The second kappa shape index (κ2) is 8.86. The number of hydrogen-bond acceptors (Lipinski definition) is 5. The third-order valence-electron chi connectivity index (χ3n) is 4.19. The predicted molar refractivity (Wildman–Crippen MR) is 109 cm³/mol. The summed E-state index contributed by atoms with van der Waals surface area (Å²) in [6.07, 6.45) is 3.18. The standard InChI is InChI=1S/C23H21NO4/c1-26-21-14-17(15-22(27-2)23(21)28-3)20(25)13-12-18-10-7-11-19(24-18)16-8-5-4-6-9-16/h4-15H,1-3H3. The Hall–Kier alpha value is -3.60. The Morgan fingerprint density at radius 3 is 2.14 bits per heavy atom. The van der Waals surface area contributed by atoms with Gasteiger partial charge >= 0.3 is 0 Å². The van der Waals surface area contributed by atoms with E-state index in [1.54, 1.807) is 18.2 Å². The fraction of sp³-hybridized carbons (Fsp3) is 0.130. The average Bonchev–Trinajstić information content (AvgIpc) is 2.77. The number of ether oxygens (including phenoxy) is 3. The molecule has 3 aromatic rings. The summed E-state index contributed by atoms with van der Waals surface area (Å²) < 4.78 is 15.9. The SMILES string of the molecule is COc1cc(C(=O)C=Cc2cccc(-c3ccccc3)n2)cc(OC)c1OC. The Morgan fingerprint density at radius 1 is 0.857 bits per heavy atom. The molecule has 0 atom stereocenters. The number of ketones is 1. The summed E-state index contributed by atoms with van der Waals surface area (Å²) >= 11 is 0. The normalized spacial score (nSPS) is 10.7. The Kier molecular flexibility index (Phi) is 6.07. The van der Waals surface area contributed by atoms with Gasteiger partial charge in [0.2, 0.25) is 5.75 Å². The topological polar surface area (TPSA) is 57.7 Å². The van der Waals surface area contributed by atoms with Crippen molar-refractivity contribution < 1.29 is 19.0 Å². The van der Waals surface area contributed by atoms with E-state index >= 15 is 0 Å². The summed E-state index contributed by atoms with van der Waals surface area (Å²) in [6, 6.07) is 18.8. The van der Waals surface area contributed by atoms with Crippen molar-refractivity contribution in [1.82, 2.24) is 4.98 Å². The maximum Gasteiger partial charge on any atom is 0.203 e. The fourth-order valence-electron chi connectivity index (χ4n) is 2.79. The molecule has 0 bridgehead atoms. The molecule has 142 valence electrons. The van der Waals surface area contributed by atoms with Gasteiger partial charge in [-0.3, -0.25) is 4.79 Å². The summed E-state index contributed by atoms with van der Waals surface area (Å²) in [6.45, 7) is 0. The van der Waals surface area contributed by atoms with Gasteiger partial charge in [-0.25, -0.2) is 4.98 Å². The van der Waals surface area contributed by atoms with E-state index in [-0.39, 0.29) is 5.78 Å². The molecule has 1 aromatic heterocycles. The van der Waals surface area contributed by atoms with Crippen molar-refractivity contribution in [1.29, 1.82) is 0 Å². The van der Waals surface area contributed by atoms with Gasteiger partial charge in [-0.1, -0.05) is 36.4 Å². The first-order valence-corrected chi connectivity index (χ1v) is 8.71. The molecule has 0 fully saturated rings. The van der Waals surface area contributed by atoms with E-state index in [2.05, 4.69) is 4.98 Å². The Labute approximate surface area is 164 Å². The number of nitrogens with zero attached hydrogens (tertiary/aromatic N) is 1. The quantitative estimate of drug-likeness (QED) is 0.444. The van der Waals surface area contributed by atoms with Gasteiger partial charge in [0.25, 0.3) is 0 Å². The van der Waals surface area contributed by atoms with Crippen molar-refractivity contribution in [2.45, 2.75) is 0 Å². The highest BCUT2D eigenvalue weighted by molar-refractivity contribution is 6.07. The Bertz CT molecular complexity index is 971. The molecule has 5 nitrogen and oxygen atoms in total. The van der Waals surface area contributed by atoms with Gasteiger partial charge in [0, 0.05) is 11.1 Å². The molecule has 0 unspecified atom stereocenters. The van der Waals surface area contributed by atoms with Gasteiger partial charge in [0.15, 0.2) is 17.3 Å². The van der Waals surface area contributed by atoms with Gasteiger partial charge in [-0.2, -0.15) is 0 Å². The molecule has 1 heterocycles. The van der Waals surface area contributed by atoms with Crippen molar-refractivity contribution in [2.75, 3.05) is 21.3 Å². The van der Waals surface area contributed by atoms with E-state index < -0.39 is 0 Å². The van der Waals surface area contributed by atoms with Crippen molar-refractivity contribution >= 4 is 11.9 Å². The van der Waals surface area contributed by atoms with Crippen LogP contribution in [0, 0.1) is 0 Å². The van der Waals surface area contributed by atoms with Crippen LogP contribution < -0.4 is 14.2 Å². The summed E-state index contributed by atoms with van der Waals surface area (Å²) in [4.78, 5) is 17.2. The molecule has 0 saturated heterocycles. The highest BCUT2D eigenvalue weighted by atomic mass is 16.5. The van der Waals surface area contributed by atoms with E-state index in [0.717, 1.165) is 11.3 Å². The van der Waals surface area contributed by atoms with Crippen LogP contribution in [0.5, 0.6) is 17.2 Å². The summed E-state index contributed by atoms with van der Waals surface area (Å²) in [5, 5.41) is 0. The third kappa shape index (κ3) is 4.20. The molecule has 28 heavy (non-hydrogen) atoms. The fourth-order valence-corrected chi connectivity index (χ4v) is 2.79. The molecule has 0 saturated carbocycles. The lowest BCUT2D eigenvalue weighted by Crippen LogP contribution is -2.00. The molecule has 5 heteroatoms. The molecule has 0 amide bonds. The lowest BCUT2D eigenvalue weighted by molar-refractivity contribution is 0.104. The van der Waals surface area contributed by atoms with Gasteiger partial charge in [-0.15, -0.1) is 0 Å². The number of carbonyl (C=O) groups excluding carboxylic acids is 1. The number of allylic oxidation sites excluding steroid dienone is 1. The molecule has 0 aliphatic heterocycles. The van der Waals surface area contributed by atoms with Gasteiger partial charge in [0.05, 0.1) is 32.7 Å².